The highest BCUT2D eigenvalue weighted by atomic mass is 35.5. The Morgan fingerprint density at radius 1 is 1.28 bits per heavy atom. The van der Waals surface area contributed by atoms with Gasteiger partial charge in [-0.25, -0.2) is 0 Å². The van der Waals surface area contributed by atoms with Crippen LogP contribution in [0.3, 0.4) is 0 Å². The van der Waals surface area contributed by atoms with Gasteiger partial charge in [0.15, 0.2) is 10.3 Å². The first-order valence-electron chi connectivity index (χ1n) is 5.82. The molecule has 0 saturated carbocycles. The number of piperazine rings is 1. The molecular weight excluding hydrogens is 275 g/mol. The van der Waals surface area contributed by atoms with Crippen molar-refractivity contribution in [3.05, 3.63) is 21.9 Å². The topological polar surface area (TPSA) is 49.3 Å². The van der Waals surface area contributed by atoms with E-state index in [2.05, 4.69) is 22.0 Å². The molecule has 1 aromatic heterocycles. The van der Waals surface area contributed by atoms with Crippen LogP contribution in [0.5, 0.6) is 0 Å². The van der Waals surface area contributed by atoms with Crippen molar-refractivity contribution >= 4 is 29.1 Å². The molecule has 5 nitrogen and oxygen atoms in total. The molecule has 0 N–H and O–H groups in total. The third-order valence-corrected chi connectivity index (χ3v) is 3.52. The molecule has 0 aromatic carbocycles. The average Bonchev–Trinajstić information content (AvgIpc) is 2.41. The van der Waals surface area contributed by atoms with E-state index in [-0.39, 0.29) is 16.2 Å². The smallest absolute Gasteiger partial charge is 0.257 e. The van der Waals surface area contributed by atoms with Gasteiger partial charge in [0, 0.05) is 26.2 Å². The van der Waals surface area contributed by atoms with Crippen molar-refractivity contribution in [3.8, 4) is 0 Å². The van der Waals surface area contributed by atoms with Gasteiger partial charge in [0.1, 0.15) is 0 Å². The fraction of sp³-hybridized carbons (Fsp3) is 0.545. The van der Waals surface area contributed by atoms with Gasteiger partial charge in [-0.2, -0.15) is 0 Å². The zero-order valence-electron chi connectivity index (χ0n) is 10.1. The zero-order valence-corrected chi connectivity index (χ0v) is 11.6. The number of amides is 1. The number of rotatable bonds is 2. The molecular formula is C11H14Cl2N4O. The lowest BCUT2D eigenvalue weighted by molar-refractivity contribution is 0.0643. The Labute approximate surface area is 116 Å². The molecule has 2 heterocycles. The van der Waals surface area contributed by atoms with E-state index in [0.29, 0.717) is 18.7 Å². The van der Waals surface area contributed by atoms with Gasteiger partial charge in [-0.15, -0.1) is 10.2 Å². The Balaban J connectivity index is 2.10. The molecule has 1 aliphatic heterocycles. The molecule has 1 amide bonds. The highest BCUT2D eigenvalue weighted by Crippen LogP contribution is 2.18. The summed E-state index contributed by atoms with van der Waals surface area (Å²) in [5.41, 5.74) is 0.321. The Morgan fingerprint density at radius 2 is 1.94 bits per heavy atom. The lowest BCUT2D eigenvalue weighted by Crippen LogP contribution is -2.48. The van der Waals surface area contributed by atoms with Gasteiger partial charge in [0.2, 0.25) is 0 Å². The van der Waals surface area contributed by atoms with Gasteiger partial charge >= 0.3 is 0 Å². The van der Waals surface area contributed by atoms with Gasteiger partial charge < -0.3 is 9.80 Å². The van der Waals surface area contributed by atoms with Crippen LogP contribution in [0.1, 0.15) is 17.3 Å². The molecule has 0 bridgehead atoms. The second kappa shape index (κ2) is 5.82. The number of halogens is 2. The normalized spacial score (nSPS) is 16.9. The molecule has 1 saturated heterocycles. The summed E-state index contributed by atoms with van der Waals surface area (Å²) in [7, 11) is 0. The Morgan fingerprint density at radius 3 is 2.56 bits per heavy atom. The Kier molecular flexibility index (Phi) is 4.37. The number of hydrogen-bond donors (Lipinski definition) is 0. The molecule has 0 aliphatic carbocycles. The molecule has 0 atom stereocenters. The maximum atomic E-state index is 12.3. The van der Waals surface area contributed by atoms with E-state index in [1.807, 2.05) is 0 Å². The standard InChI is InChI=1S/C11H14Cl2N4O/c1-2-16-3-5-17(6-4-16)11(18)8-7-9(12)14-15-10(8)13/h7H,2-6H2,1H3. The van der Waals surface area contributed by atoms with Crippen molar-refractivity contribution in [2.45, 2.75) is 6.92 Å². The number of hydrogen-bond acceptors (Lipinski definition) is 4. The highest BCUT2D eigenvalue weighted by molar-refractivity contribution is 6.34. The molecule has 1 aliphatic rings. The van der Waals surface area contributed by atoms with Crippen LogP contribution >= 0.6 is 23.2 Å². The summed E-state index contributed by atoms with van der Waals surface area (Å²) in [4.78, 5) is 16.3. The van der Waals surface area contributed by atoms with Crippen LogP contribution in [0, 0.1) is 0 Å². The number of aromatic nitrogens is 2. The van der Waals surface area contributed by atoms with Crippen molar-refractivity contribution in [3.63, 3.8) is 0 Å². The number of likely N-dealkylation sites (N-methyl/N-ethyl adjacent to an activating group) is 1. The van der Waals surface area contributed by atoms with Crippen molar-refractivity contribution < 1.29 is 4.79 Å². The summed E-state index contributed by atoms with van der Waals surface area (Å²) < 4.78 is 0. The van der Waals surface area contributed by atoms with E-state index in [4.69, 9.17) is 23.2 Å². The lowest BCUT2D eigenvalue weighted by Gasteiger charge is -2.34. The summed E-state index contributed by atoms with van der Waals surface area (Å²) in [6.45, 7) is 6.27. The third-order valence-electron chi connectivity index (χ3n) is 3.06. The van der Waals surface area contributed by atoms with E-state index in [1.54, 1.807) is 4.90 Å². The van der Waals surface area contributed by atoms with Crippen LogP contribution in [-0.4, -0.2) is 58.6 Å². The summed E-state index contributed by atoms with van der Waals surface area (Å²) >= 11 is 11.6. The van der Waals surface area contributed by atoms with Crippen molar-refractivity contribution in [1.82, 2.24) is 20.0 Å². The van der Waals surface area contributed by atoms with Crippen molar-refractivity contribution in [2.75, 3.05) is 32.7 Å². The van der Waals surface area contributed by atoms with Crippen molar-refractivity contribution in [1.29, 1.82) is 0 Å². The number of carbonyl (C=O) groups excluding carboxylic acids is 1. The molecule has 1 fully saturated rings. The van der Waals surface area contributed by atoms with E-state index in [0.717, 1.165) is 19.6 Å². The molecule has 0 radical (unpaired) electrons. The monoisotopic (exact) mass is 288 g/mol. The van der Waals surface area contributed by atoms with E-state index >= 15 is 0 Å². The van der Waals surface area contributed by atoms with E-state index < -0.39 is 0 Å². The minimum atomic E-state index is -0.132. The minimum absolute atomic E-state index is 0.0994. The van der Waals surface area contributed by atoms with Gasteiger partial charge in [0.25, 0.3) is 5.91 Å². The molecule has 18 heavy (non-hydrogen) atoms. The SMILES string of the molecule is CCN1CCN(C(=O)c2cc(Cl)nnc2Cl)CC1. The predicted octanol–water partition coefficient (Wildman–Crippen LogP) is 1.56. The maximum absolute atomic E-state index is 12.3. The predicted molar refractivity (Wildman–Crippen MR) is 70.1 cm³/mol. The van der Waals surface area contributed by atoms with E-state index in [1.165, 1.54) is 6.07 Å². The Bertz CT molecular complexity index is 447. The first kappa shape index (κ1) is 13.5. The van der Waals surface area contributed by atoms with Crippen LogP contribution in [0.25, 0.3) is 0 Å². The fourth-order valence-corrected chi connectivity index (χ4v) is 2.26. The summed E-state index contributed by atoms with van der Waals surface area (Å²) in [6, 6.07) is 1.46. The summed E-state index contributed by atoms with van der Waals surface area (Å²) in [5.74, 6) is -0.132. The van der Waals surface area contributed by atoms with Gasteiger partial charge in [-0.1, -0.05) is 30.1 Å². The minimum Gasteiger partial charge on any atom is -0.336 e. The van der Waals surface area contributed by atoms with Gasteiger partial charge in [-0.3, -0.25) is 4.79 Å². The van der Waals surface area contributed by atoms with Crippen LogP contribution in [0.2, 0.25) is 10.3 Å². The fourth-order valence-electron chi connectivity index (χ4n) is 1.94. The molecule has 7 heteroatoms. The largest absolute Gasteiger partial charge is 0.336 e. The second-order valence-corrected chi connectivity index (χ2v) is 4.84. The zero-order chi connectivity index (χ0) is 13.1. The summed E-state index contributed by atoms with van der Waals surface area (Å²) in [6.07, 6.45) is 0. The highest BCUT2D eigenvalue weighted by Gasteiger charge is 2.23. The van der Waals surface area contributed by atoms with Crippen molar-refractivity contribution in [2.24, 2.45) is 0 Å². The second-order valence-electron chi connectivity index (χ2n) is 4.10. The molecule has 0 unspecified atom stereocenters. The van der Waals surface area contributed by atoms with E-state index in [9.17, 15) is 4.79 Å². The lowest BCUT2D eigenvalue weighted by atomic mass is 10.2. The molecule has 98 valence electrons. The van der Waals surface area contributed by atoms with Gasteiger partial charge in [-0.05, 0) is 12.6 Å². The third kappa shape index (κ3) is 2.91. The average molecular weight is 289 g/mol. The molecule has 1 aromatic rings. The van der Waals surface area contributed by atoms with Crippen LogP contribution in [0.4, 0.5) is 0 Å². The van der Waals surface area contributed by atoms with Crippen LogP contribution in [-0.2, 0) is 0 Å². The number of nitrogens with zero attached hydrogens (tertiary/aromatic N) is 4. The Hall–Kier alpha value is -0.910. The summed E-state index contributed by atoms with van der Waals surface area (Å²) in [5, 5.41) is 7.52. The molecule has 0 spiro atoms. The van der Waals surface area contributed by atoms with Crippen LogP contribution in [0.15, 0.2) is 6.07 Å². The maximum Gasteiger partial charge on any atom is 0.257 e. The molecule has 2 rings (SSSR count). The first-order chi connectivity index (χ1) is 8.61. The van der Waals surface area contributed by atoms with Gasteiger partial charge in [0.05, 0.1) is 5.56 Å². The van der Waals surface area contributed by atoms with Crippen LogP contribution < -0.4 is 0 Å². The quantitative estimate of drug-likeness (QED) is 0.829. The first-order valence-corrected chi connectivity index (χ1v) is 6.57. The number of carbonyl (C=O) groups is 1.